The van der Waals surface area contributed by atoms with Gasteiger partial charge in [0.1, 0.15) is 0 Å². The molecule has 3 aromatic rings. The molecule has 0 atom stereocenters. The van der Waals surface area contributed by atoms with Crippen molar-refractivity contribution < 1.29 is 18.4 Å². The van der Waals surface area contributed by atoms with Crippen LogP contribution in [0.3, 0.4) is 0 Å². The molecular formula is C17H17N5O5S. The lowest BCUT2D eigenvalue weighted by Crippen LogP contribution is -2.29. The third-order valence-electron chi connectivity index (χ3n) is 4.01. The molecular weight excluding hydrogens is 386 g/mol. The van der Waals surface area contributed by atoms with Crippen LogP contribution < -0.4 is 0 Å². The van der Waals surface area contributed by atoms with Crippen LogP contribution in [0.25, 0.3) is 5.52 Å². The van der Waals surface area contributed by atoms with E-state index in [1.54, 1.807) is 22.8 Å². The Kier molecular flexibility index (Phi) is 5.38. The number of aliphatic hydroxyl groups excluding tert-OH is 1. The number of aromatic nitrogens is 2. The van der Waals surface area contributed by atoms with Crippen LogP contribution in [0.2, 0.25) is 0 Å². The molecule has 0 amide bonds. The maximum Gasteiger partial charge on any atom is 0.279 e. The van der Waals surface area contributed by atoms with Gasteiger partial charge in [-0.15, -0.1) is 0 Å². The van der Waals surface area contributed by atoms with Crippen molar-refractivity contribution >= 4 is 27.4 Å². The van der Waals surface area contributed by atoms with Gasteiger partial charge in [-0.05, 0) is 24.6 Å². The fourth-order valence-electron chi connectivity index (χ4n) is 2.60. The number of rotatable bonds is 7. The smallest absolute Gasteiger partial charge is 0.279 e. The predicted molar refractivity (Wildman–Crippen MR) is 102 cm³/mol. The van der Waals surface area contributed by atoms with Crippen LogP contribution in [0.1, 0.15) is 11.1 Å². The lowest BCUT2D eigenvalue weighted by molar-refractivity contribution is -0.385. The van der Waals surface area contributed by atoms with E-state index in [0.29, 0.717) is 15.5 Å². The van der Waals surface area contributed by atoms with Gasteiger partial charge in [-0.3, -0.25) is 10.1 Å². The Morgan fingerprint density at radius 2 is 2.14 bits per heavy atom. The van der Waals surface area contributed by atoms with Gasteiger partial charge < -0.3 is 5.11 Å². The summed E-state index contributed by atoms with van der Waals surface area (Å²) in [7, 11) is -4.21. The summed E-state index contributed by atoms with van der Waals surface area (Å²) >= 11 is 0. The van der Waals surface area contributed by atoms with E-state index in [1.807, 2.05) is 6.07 Å². The molecule has 28 heavy (non-hydrogen) atoms. The van der Waals surface area contributed by atoms with Crippen LogP contribution in [-0.4, -0.2) is 51.8 Å². The Hall–Kier alpha value is -3.31. The lowest BCUT2D eigenvalue weighted by Gasteiger charge is -2.19. The number of nitro groups is 1. The summed E-state index contributed by atoms with van der Waals surface area (Å²) in [4.78, 5) is 10.1. The van der Waals surface area contributed by atoms with E-state index in [4.69, 9.17) is 0 Å². The van der Waals surface area contributed by atoms with Crippen molar-refractivity contribution in [2.24, 2.45) is 5.10 Å². The van der Waals surface area contributed by atoms with Gasteiger partial charge in [0.25, 0.3) is 15.7 Å². The maximum absolute atomic E-state index is 13.0. The van der Waals surface area contributed by atoms with E-state index in [0.717, 1.165) is 11.6 Å². The third kappa shape index (κ3) is 3.70. The van der Waals surface area contributed by atoms with Crippen molar-refractivity contribution in [2.45, 2.75) is 11.8 Å². The third-order valence-corrected chi connectivity index (χ3v) is 5.84. The molecule has 10 nitrogen and oxygen atoms in total. The number of hydrogen-bond acceptors (Lipinski definition) is 7. The number of pyridine rings is 1. The zero-order valence-corrected chi connectivity index (χ0v) is 15.7. The zero-order valence-electron chi connectivity index (χ0n) is 14.8. The second-order valence-corrected chi connectivity index (χ2v) is 7.67. The zero-order chi connectivity index (χ0) is 20.3. The van der Waals surface area contributed by atoms with Crippen molar-refractivity contribution in [1.29, 1.82) is 0 Å². The molecule has 0 bridgehead atoms. The van der Waals surface area contributed by atoms with E-state index in [9.17, 15) is 23.6 Å². The number of aliphatic hydroxyl groups is 1. The number of aryl methyl sites for hydroxylation is 1. The van der Waals surface area contributed by atoms with Crippen LogP contribution >= 0.6 is 0 Å². The van der Waals surface area contributed by atoms with Gasteiger partial charge >= 0.3 is 0 Å². The van der Waals surface area contributed by atoms with E-state index in [1.165, 1.54) is 31.5 Å². The van der Waals surface area contributed by atoms with Crippen molar-refractivity contribution in [3.63, 3.8) is 0 Å². The highest BCUT2D eigenvalue weighted by molar-refractivity contribution is 7.89. The highest BCUT2D eigenvalue weighted by Gasteiger charge is 2.26. The average molecular weight is 403 g/mol. The fourth-order valence-corrected chi connectivity index (χ4v) is 4.06. The van der Waals surface area contributed by atoms with Gasteiger partial charge in [0.15, 0.2) is 0 Å². The first kappa shape index (κ1) is 19.5. The summed E-state index contributed by atoms with van der Waals surface area (Å²) in [6, 6.07) is 8.98. The van der Waals surface area contributed by atoms with Gasteiger partial charge in [0.05, 0.1) is 40.9 Å². The molecule has 0 saturated heterocycles. The summed E-state index contributed by atoms with van der Waals surface area (Å²) in [6.45, 7) is 0.752. The van der Waals surface area contributed by atoms with Crippen molar-refractivity contribution in [2.75, 3.05) is 13.2 Å². The molecule has 0 radical (unpaired) electrons. The molecule has 3 rings (SSSR count). The first-order valence-electron chi connectivity index (χ1n) is 8.19. The molecule has 0 aliphatic rings. The lowest BCUT2D eigenvalue weighted by atomic mass is 10.2. The van der Waals surface area contributed by atoms with E-state index in [-0.39, 0.29) is 17.1 Å². The predicted octanol–water partition coefficient (Wildman–Crippen LogP) is 1.57. The van der Waals surface area contributed by atoms with Gasteiger partial charge in [0, 0.05) is 23.9 Å². The Balaban J connectivity index is 2.01. The second kappa shape index (κ2) is 7.74. The van der Waals surface area contributed by atoms with Crippen LogP contribution in [0.5, 0.6) is 0 Å². The minimum Gasteiger partial charge on any atom is -0.394 e. The minimum atomic E-state index is -4.21. The Morgan fingerprint density at radius 3 is 2.86 bits per heavy atom. The SMILES string of the molecule is Cc1ccc([N+](=O)[O-])cc1S(=O)(=O)N(CCO)N=Cc1cnn2ccccc12. The van der Waals surface area contributed by atoms with Crippen LogP contribution in [0.15, 0.2) is 58.8 Å². The quantitative estimate of drug-likeness (QED) is 0.362. The summed E-state index contributed by atoms with van der Waals surface area (Å²) in [6.07, 6.45) is 4.59. The van der Waals surface area contributed by atoms with Crippen molar-refractivity contribution in [1.82, 2.24) is 14.0 Å². The van der Waals surface area contributed by atoms with Crippen LogP contribution in [-0.2, 0) is 10.0 Å². The molecule has 1 aromatic carbocycles. The maximum atomic E-state index is 13.0. The number of fused-ring (bicyclic) bond motifs is 1. The number of nitrogens with zero attached hydrogens (tertiary/aromatic N) is 5. The number of hydrazone groups is 1. The number of hydrogen-bond donors (Lipinski definition) is 1. The molecule has 0 unspecified atom stereocenters. The number of nitro benzene ring substituents is 1. The van der Waals surface area contributed by atoms with Crippen LogP contribution in [0.4, 0.5) is 5.69 Å². The molecule has 0 spiro atoms. The molecule has 2 aromatic heterocycles. The van der Waals surface area contributed by atoms with E-state index in [2.05, 4.69) is 10.2 Å². The highest BCUT2D eigenvalue weighted by Crippen LogP contribution is 2.25. The standard InChI is InChI=1S/C17H17N5O5S/c1-13-5-6-15(22(24)25)10-17(13)28(26,27)21(8-9-23)19-12-14-11-18-20-7-3-2-4-16(14)20/h2-7,10-12,23H,8-9H2,1H3. The molecule has 0 aliphatic carbocycles. The normalized spacial score (nSPS) is 11.9. The minimum absolute atomic E-state index is 0.243. The monoisotopic (exact) mass is 403 g/mol. The number of sulfonamides is 1. The summed E-state index contributed by atoms with van der Waals surface area (Å²) in [5.41, 5.74) is 1.29. The molecule has 0 aliphatic heterocycles. The van der Waals surface area contributed by atoms with Gasteiger partial charge in [-0.1, -0.05) is 12.1 Å². The molecule has 0 fully saturated rings. The largest absolute Gasteiger partial charge is 0.394 e. The molecule has 1 N–H and O–H groups in total. The topological polar surface area (TPSA) is 130 Å². The highest BCUT2D eigenvalue weighted by atomic mass is 32.2. The summed E-state index contributed by atoms with van der Waals surface area (Å²) < 4.78 is 28.3. The Bertz CT molecular complexity index is 1160. The van der Waals surface area contributed by atoms with Gasteiger partial charge in [-0.2, -0.15) is 23.0 Å². The molecule has 146 valence electrons. The fraction of sp³-hybridized carbons (Fsp3) is 0.176. The van der Waals surface area contributed by atoms with Crippen molar-refractivity contribution in [3.05, 3.63) is 70.0 Å². The Morgan fingerprint density at radius 1 is 1.36 bits per heavy atom. The number of benzene rings is 1. The summed E-state index contributed by atoms with van der Waals surface area (Å²) in [5.74, 6) is 0. The Labute approximate surface area is 160 Å². The summed E-state index contributed by atoms with van der Waals surface area (Å²) in [5, 5.41) is 28.4. The number of non-ortho nitro benzene ring substituents is 1. The molecule has 0 saturated carbocycles. The van der Waals surface area contributed by atoms with Gasteiger partial charge in [-0.25, -0.2) is 4.52 Å². The average Bonchev–Trinajstić information content (AvgIpc) is 3.08. The first-order chi connectivity index (χ1) is 13.3. The van der Waals surface area contributed by atoms with Gasteiger partial charge in [0.2, 0.25) is 0 Å². The molecule has 2 heterocycles. The van der Waals surface area contributed by atoms with Crippen molar-refractivity contribution in [3.8, 4) is 0 Å². The first-order valence-corrected chi connectivity index (χ1v) is 9.63. The van der Waals surface area contributed by atoms with E-state index < -0.39 is 21.6 Å². The van der Waals surface area contributed by atoms with E-state index >= 15 is 0 Å². The molecule has 11 heteroatoms. The van der Waals surface area contributed by atoms with Crippen LogP contribution in [0, 0.1) is 17.0 Å². The second-order valence-electron chi connectivity index (χ2n) is 5.86.